The Morgan fingerprint density at radius 2 is 1.81 bits per heavy atom. The molecule has 2 heterocycles. The number of rotatable bonds is 5. The average molecular weight is 291 g/mol. The molecular formula is C14H21N5O2. The van der Waals surface area contributed by atoms with Gasteiger partial charge in [0.25, 0.3) is 5.56 Å². The Balaban J connectivity index is 2.44. The maximum absolute atomic E-state index is 12.6. The summed E-state index contributed by atoms with van der Waals surface area (Å²) in [5.74, 6) is 1.31. The van der Waals surface area contributed by atoms with Crippen molar-refractivity contribution in [3.8, 4) is 0 Å². The second-order valence-corrected chi connectivity index (χ2v) is 5.43. The van der Waals surface area contributed by atoms with Crippen molar-refractivity contribution in [1.29, 1.82) is 0 Å². The van der Waals surface area contributed by atoms with Gasteiger partial charge in [-0.2, -0.15) is 0 Å². The lowest BCUT2D eigenvalue weighted by atomic mass is 10.4. The fourth-order valence-electron chi connectivity index (χ4n) is 2.88. The summed E-state index contributed by atoms with van der Waals surface area (Å²) in [6.45, 7) is 5.56. The number of aromatic nitrogens is 4. The van der Waals surface area contributed by atoms with Crippen LogP contribution in [0.1, 0.15) is 38.4 Å². The van der Waals surface area contributed by atoms with Crippen molar-refractivity contribution in [1.82, 2.24) is 18.7 Å². The van der Waals surface area contributed by atoms with Gasteiger partial charge in [-0.1, -0.05) is 0 Å². The molecule has 1 fully saturated rings. The zero-order valence-electron chi connectivity index (χ0n) is 12.5. The number of imidazole rings is 1. The van der Waals surface area contributed by atoms with Gasteiger partial charge >= 0.3 is 5.69 Å². The fourth-order valence-corrected chi connectivity index (χ4v) is 2.88. The molecule has 1 aliphatic rings. The highest BCUT2D eigenvalue weighted by atomic mass is 16.2. The Kier molecular flexibility index (Phi) is 3.44. The summed E-state index contributed by atoms with van der Waals surface area (Å²) in [5, 5.41) is 0. The van der Waals surface area contributed by atoms with Crippen LogP contribution in [-0.4, -0.2) is 25.2 Å². The first-order valence-corrected chi connectivity index (χ1v) is 7.57. The minimum absolute atomic E-state index is 0.255. The number of hydrogen-bond donors (Lipinski definition) is 1. The molecule has 2 N–H and O–H groups in total. The highest BCUT2D eigenvalue weighted by Crippen LogP contribution is 2.40. The molecule has 0 aromatic carbocycles. The molecule has 0 bridgehead atoms. The van der Waals surface area contributed by atoms with Crippen LogP contribution in [-0.2, 0) is 19.6 Å². The molecule has 0 saturated heterocycles. The quantitative estimate of drug-likeness (QED) is 0.854. The van der Waals surface area contributed by atoms with Crippen LogP contribution in [0.15, 0.2) is 9.59 Å². The number of aryl methyl sites for hydroxylation is 1. The summed E-state index contributed by atoms with van der Waals surface area (Å²) in [6.07, 6.45) is 2.18. The Bertz CT molecular complexity index is 794. The molecule has 0 radical (unpaired) electrons. The minimum Gasteiger partial charge on any atom is -0.329 e. The van der Waals surface area contributed by atoms with Crippen molar-refractivity contribution in [2.24, 2.45) is 5.73 Å². The highest BCUT2D eigenvalue weighted by molar-refractivity contribution is 5.71. The maximum atomic E-state index is 12.6. The van der Waals surface area contributed by atoms with Crippen molar-refractivity contribution in [2.75, 3.05) is 6.54 Å². The van der Waals surface area contributed by atoms with Gasteiger partial charge in [-0.25, -0.2) is 9.78 Å². The van der Waals surface area contributed by atoms with E-state index < -0.39 is 0 Å². The molecule has 7 nitrogen and oxygen atoms in total. The van der Waals surface area contributed by atoms with Crippen molar-refractivity contribution >= 4 is 11.2 Å². The molecule has 1 aliphatic carbocycles. The average Bonchev–Trinajstić information content (AvgIpc) is 3.23. The molecule has 0 spiro atoms. The van der Waals surface area contributed by atoms with Crippen molar-refractivity contribution < 1.29 is 0 Å². The number of fused-ring (bicyclic) bond motifs is 1. The van der Waals surface area contributed by atoms with Gasteiger partial charge in [-0.15, -0.1) is 0 Å². The van der Waals surface area contributed by atoms with Crippen LogP contribution in [0.5, 0.6) is 0 Å². The molecule has 3 rings (SSSR count). The lowest BCUT2D eigenvalue weighted by molar-refractivity contribution is 0.601. The van der Waals surface area contributed by atoms with Gasteiger partial charge in [0.15, 0.2) is 11.2 Å². The summed E-state index contributed by atoms with van der Waals surface area (Å²) in [7, 11) is 0. The van der Waals surface area contributed by atoms with Gasteiger partial charge in [0.2, 0.25) is 0 Å². The molecule has 0 unspecified atom stereocenters. The number of hydrogen-bond acceptors (Lipinski definition) is 4. The Labute approximate surface area is 122 Å². The highest BCUT2D eigenvalue weighted by Gasteiger charge is 2.31. The topological polar surface area (TPSA) is 87.8 Å². The van der Waals surface area contributed by atoms with Crippen LogP contribution in [0.2, 0.25) is 0 Å². The van der Waals surface area contributed by atoms with Crippen LogP contribution < -0.4 is 17.0 Å². The van der Waals surface area contributed by atoms with E-state index in [1.54, 1.807) is 11.5 Å². The van der Waals surface area contributed by atoms with E-state index in [1.807, 2.05) is 11.5 Å². The number of nitrogens with two attached hydrogens (primary N) is 1. The van der Waals surface area contributed by atoms with Gasteiger partial charge < -0.3 is 10.3 Å². The monoisotopic (exact) mass is 291 g/mol. The Morgan fingerprint density at radius 3 is 2.33 bits per heavy atom. The second-order valence-electron chi connectivity index (χ2n) is 5.43. The molecule has 1 saturated carbocycles. The zero-order valence-corrected chi connectivity index (χ0v) is 12.5. The predicted molar refractivity (Wildman–Crippen MR) is 80.6 cm³/mol. The van der Waals surface area contributed by atoms with E-state index in [4.69, 9.17) is 5.73 Å². The summed E-state index contributed by atoms with van der Waals surface area (Å²) >= 11 is 0. The summed E-state index contributed by atoms with van der Waals surface area (Å²) in [5.41, 5.74) is 6.19. The van der Waals surface area contributed by atoms with E-state index in [-0.39, 0.29) is 11.2 Å². The van der Waals surface area contributed by atoms with E-state index in [2.05, 4.69) is 4.98 Å². The standard InChI is InChI=1S/C14H21N5O2/c1-3-17-12-10(13(20)18(4-2)14(17)21)19(8-7-15)11(16-12)9-5-6-9/h9H,3-8,15H2,1-2H3. The third-order valence-corrected chi connectivity index (χ3v) is 4.07. The summed E-state index contributed by atoms with van der Waals surface area (Å²) in [4.78, 5) is 29.6. The number of nitrogens with zero attached hydrogens (tertiary/aromatic N) is 4. The minimum atomic E-state index is -0.280. The van der Waals surface area contributed by atoms with E-state index in [9.17, 15) is 9.59 Å². The molecule has 114 valence electrons. The first kappa shape index (κ1) is 14.1. The first-order chi connectivity index (χ1) is 10.1. The van der Waals surface area contributed by atoms with Crippen LogP contribution in [0, 0.1) is 0 Å². The van der Waals surface area contributed by atoms with E-state index in [1.165, 1.54) is 4.57 Å². The van der Waals surface area contributed by atoms with Gasteiger partial charge in [-0.3, -0.25) is 13.9 Å². The molecule has 0 aliphatic heterocycles. The lowest BCUT2D eigenvalue weighted by Gasteiger charge is -2.10. The van der Waals surface area contributed by atoms with Crippen LogP contribution in [0.25, 0.3) is 11.2 Å². The first-order valence-electron chi connectivity index (χ1n) is 7.57. The van der Waals surface area contributed by atoms with Crippen LogP contribution in [0.4, 0.5) is 0 Å². The SMILES string of the molecule is CCn1c(=O)c2c(nc(C3CC3)n2CCN)n(CC)c1=O. The van der Waals surface area contributed by atoms with Crippen molar-refractivity contribution in [2.45, 2.75) is 52.2 Å². The van der Waals surface area contributed by atoms with Crippen LogP contribution in [0.3, 0.4) is 0 Å². The predicted octanol–water partition coefficient (Wildman–Crippen LogP) is 0.236. The van der Waals surface area contributed by atoms with Gasteiger partial charge in [0.05, 0.1) is 0 Å². The fraction of sp³-hybridized carbons (Fsp3) is 0.643. The smallest absolute Gasteiger partial charge is 0.329 e. The largest absolute Gasteiger partial charge is 0.332 e. The molecule has 0 amide bonds. The maximum Gasteiger partial charge on any atom is 0.332 e. The van der Waals surface area contributed by atoms with Gasteiger partial charge in [-0.05, 0) is 26.7 Å². The van der Waals surface area contributed by atoms with Crippen molar-refractivity contribution in [3.05, 3.63) is 26.7 Å². The molecule has 0 atom stereocenters. The van der Waals surface area contributed by atoms with Gasteiger partial charge in [0.1, 0.15) is 5.82 Å². The lowest BCUT2D eigenvalue weighted by Crippen LogP contribution is -2.40. The molecule has 2 aromatic heterocycles. The van der Waals surface area contributed by atoms with E-state index >= 15 is 0 Å². The third-order valence-electron chi connectivity index (χ3n) is 4.07. The third kappa shape index (κ3) is 2.03. The normalized spacial score (nSPS) is 15.0. The molecule has 21 heavy (non-hydrogen) atoms. The van der Waals surface area contributed by atoms with Crippen LogP contribution >= 0.6 is 0 Å². The summed E-state index contributed by atoms with van der Waals surface area (Å²) in [6, 6.07) is 0. The second kappa shape index (κ2) is 5.14. The zero-order chi connectivity index (χ0) is 15.1. The Morgan fingerprint density at radius 1 is 1.14 bits per heavy atom. The molecular weight excluding hydrogens is 270 g/mol. The van der Waals surface area contributed by atoms with Crippen molar-refractivity contribution in [3.63, 3.8) is 0 Å². The molecule has 7 heteroatoms. The Hall–Kier alpha value is -1.89. The summed E-state index contributed by atoms with van der Waals surface area (Å²) < 4.78 is 4.78. The molecule has 2 aromatic rings. The van der Waals surface area contributed by atoms with E-state index in [0.717, 1.165) is 18.7 Å². The van der Waals surface area contributed by atoms with Gasteiger partial charge in [0, 0.05) is 32.1 Å². The van der Waals surface area contributed by atoms with E-state index in [0.29, 0.717) is 43.3 Å².